The van der Waals surface area contributed by atoms with Gasteiger partial charge in [0.15, 0.2) is 0 Å². The number of hydrogen-bond acceptors (Lipinski definition) is 3. The third-order valence-electron chi connectivity index (χ3n) is 6.84. The third-order valence-corrected chi connectivity index (χ3v) is 7.09. The predicted molar refractivity (Wildman–Crippen MR) is 153 cm³/mol. The third kappa shape index (κ3) is 5.88. The van der Waals surface area contributed by atoms with Crippen molar-refractivity contribution in [1.82, 2.24) is 14.5 Å². The fourth-order valence-corrected chi connectivity index (χ4v) is 4.98. The summed E-state index contributed by atoms with van der Waals surface area (Å²) in [5, 5.41) is 0.870. The first kappa shape index (κ1) is 28.1. The molecular formula is C32H25ClF3N3O2. The van der Waals surface area contributed by atoms with Gasteiger partial charge in [0.2, 0.25) is 0 Å². The van der Waals surface area contributed by atoms with Crippen LogP contribution in [0.5, 0.6) is 0 Å². The van der Waals surface area contributed by atoms with Gasteiger partial charge in [0, 0.05) is 17.1 Å². The molecule has 0 spiro atoms. The molecule has 9 heteroatoms. The first-order valence-corrected chi connectivity index (χ1v) is 13.3. The lowest BCUT2D eigenvalue weighted by Gasteiger charge is -2.33. The number of rotatable bonds is 7. The van der Waals surface area contributed by atoms with Gasteiger partial charge < -0.3 is 4.90 Å². The summed E-state index contributed by atoms with van der Waals surface area (Å²) in [5.74, 6) is -0.327. The summed E-state index contributed by atoms with van der Waals surface area (Å²) < 4.78 is 42.1. The van der Waals surface area contributed by atoms with Crippen molar-refractivity contribution in [3.05, 3.63) is 141 Å². The van der Waals surface area contributed by atoms with E-state index in [0.717, 1.165) is 17.7 Å². The second-order valence-corrected chi connectivity index (χ2v) is 9.96. The molecule has 5 nitrogen and oxygen atoms in total. The Morgan fingerprint density at radius 2 is 1.61 bits per heavy atom. The molecule has 0 aliphatic heterocycles. The highest BCUT2D eigenvalue weighted by Crippen LogP contribution is 2.32. The van der Waals surface area contributed by atoms with E-state index in [-0.39, 0.29) is 23.5 Å². The lowest BCUT2D eigenvalue weighted by molar-refractivity contribution is -0.137. The van der Waals surface area contributed by atoms with Gasteiger partial charge in [0.1, 0.15) is 5.82 Å². The van der Waals surface area contributed by atoms with Gasteiger partial charge in [0.05, 0.1) is 28.2 Å². The van der Waals surface area contributed by atoms with Crippen LogP contribution >= 0.6 is 11.6 Å². The van der Waals surface area contributed by atoms with E-state index in [1.54, 1.807) is 48.5 Å². The molecule has 1 heterocycles. The van der Waals surface area contributed by atoms with Gasteiger partial charge in [-0.15, -0.1) is 0 Å². The molecule has 4 aromatic carbocycles. The molecule has 5 rings (SSSR count). The summed E-state index contributed by atoms with van der Waals surface area (Å²) in [6.07, 6.45) is -4.28. The van der Waals surface area contributed by atoms with Crippen molar-refractivity contribution < 1.29 is 18.0 Å². The molecule has 1 amide bonds. The van der Waals surface area contributed by atoms with Crippen LogP contribution in [0.25, 0.3) is 16.6 Å². The molecule has 41 heavy (non-hydrogen) atoms. The number of aromatic nitrogens is 2. The normalized spacial score (nSPS) is 12.3. The average Bonchev–Trinajstić information content (AvgIpc) is 2.98. The van der Waals surface area contributed by atoms with E-state index in [0.29, 0.717) is 28.0 Å². The molecule has 1 unspecified atom stereocenters. The Balaban J connectivity index is 1.72. The number of carbonyl (C=O) groups is 1. The summed E-state index contributed by atoms with van der Waals surface area (Å²) in [6, 6.07) is 26.3. The second-order valence-electron chi connectivity index (χ2n) is 9.53. The first-order chi connectivity index (χ1) is 19.7. The van der Waals surface area contributed by atoms with E-state index in [9.17, 15) is 22.8 Å². The van der Waals surface area contributed by atoms with Crippen LogP contribution in [0.15, 0.2) is 108 Å². The predicted octanol–water partition coefficient (Wildman–Crippen LogP) is 7.85. The smallest absolute Gasteiger partial charge is 0.324 e. The Hall–Kier alpha value is -4.43. The Bertz CT molecular complexity index is 1750. The maximum atomic E-state index is 14.1. The summed E-state index contributed by atoms with van der Waals surface area (Å²) in [6.45, 7) is 1.92. The van der Waals surface area contributed by atoms with Crippen LogP contribution in [0.3, 0.4) is 0 Å². The van der Waals surface area contributed by atoms with E-state index < -0.39 is 23.7 Å². The minimum atomic E-state index is -4.61. The average molecular weight is 576 g/mol. The van der Waals surface area contributed by atoms with Gasteiger partial charge in [-0.3, -0.25) is 14.2 Å². The van der Waals surface area contributed by atoms with Crippen molar-refractivity contribution in [3.8, 4) is 5.69 Å². The first-order valence-electron chi connectivity index (χ1n) is 13.0. The zero-order chi connectivity index (χ0) is 29.1. The summed E-state index contributed by atoms with van der Waals surface area (Å²) in [5.41, 5.74) is 0.345. The van der Waals surface area contributed by atoms with Crippen LogP contribution in [0.4, 0.5) is 13.2 Å². The topological polar surface area (TPSA) is 55.2 Å². The van der Waals surface area contributed by atoms with Crippen molar-refractivity contribution >= 4 is 28.4 Å². The summed E-state index contributed by atoms with van der Waals surface area (Å²) >= 11 is 6.12. The molecule has 0 aliphatic carbocycles. The van der Waals surface area contributed by atoms with E-state index in [4.69, 9.17) is 16.6 Å². The largest absolute Gasteiger partial charge is 0.416 e. The van der Waals surface area contributed by atoms with Gasteiger partial charge in [-0.05, 0) is 66.6 Å². The van der Waals surface area contributed by atoms with Crippen LogP contribution in [0.2, 0.25) is 5.02 Å². The molecule has 208 valence electrons. The van der Waals surface area contributed by atoms with Crippen LogP contribution in [-0.2, 0) is 12.7 Å². The molecular weight excluding hydrogens is 551 g/mol. The van der Waals surface area contributed by atoms with Crippen molar-refractivity contribution in [2.75, 3.05) is 0 Å². The minimum Gasteiger partial charge on any atom is -0.324 e. The number of benzene rings is 4. The molecule has 1 atom stereocenters. The van der Waals surface area contributed by atoms with Crippen molar-refractivity contribution in [2.24, 2.45) is 0 Å². The van der Waals surface area contributed by atoms with Gasteiger partial charge >= 0.3 is 6.18 Å². The Morgan fingerprint density at radius 3 is 2.29 bits per heavy atom. The molecule has 0 N–H and O–H groups in total. The SMILES string of the molecule is CCC(c1nc2ccccc2c(=O)n1-c1ccc(Cl)cc1)N(Cc1ccccc1)C(=O)c1cccc(C(F)(F)F)c1. The van der Waals surface area contributed by atoms with E-state index in [1.807, 2.05) is 37.3 Å². The van der Waals surface area contributed by atoms with E-state index >= 15 is 0 Å². The lowest BCUT2D eigenvalue weighted by atomic mass is 10.0. The molecule has 0 saturated carbocycles. The van der Waals surface area contributed by atoms with Crippen molar-refractivity contribution in [1.29, 1.82) is 0 Å². The second kappa shape index (κ2) is 11.6. The summed E-state index contributed by atoms with van der Waals surface area (Å²) in [7, 11) is 0. The van der Waals surface area contributed by atoms with E-state index in [1.165, 1.54) is 21.6 Å². The number of nitrogens with zero attached hydrogens (tertiary/aromatic N) is 3. The van der Waals surface area contributed by atoms with Gasteiger partial charge in [-0.1, -0.05) is 67.1 Å². The standard InChI is InChI=1S/C32H25ClF3N3O2/c1-2-28(29-37-27-14-7-6-13-26(27)31(41)39(29)25-17-15-24(33)16-18-25)38(20-21-9-4-3-5-10-21)30(40)22-11-8-12-23(19-22)32(34,35)36/h3-19,28H,2,20H2,1H3. The lowest BCUT2D eigenvalue weighted by Crippen LogP contribution is -2.38. The number of fused-ring (bicyclic) bond motifs is 1. The molecule has 0 radical (unpaired) electrons. The maximum absolute atomic E-state index is 14.1. The number of halogens is 4. The molecule has 5 aromatic rings. The zero-order valence-corrected chi connectivity index (χ0v) is 22.7. The fraction of sp³-hybridized carbons (Fsp3) is 0.156. The number of amides is 1. The van der Waals surface area contributed by atoms with Crippen LogP contribution in [0.1, 0.15) is 46.7 Å². The van der Waals surface area contributed by atoms with Crippen LogP contribution in [-0.4, -0.2) is 20.4 Å². The number of alkyl halides is 3. The number of hydrogen-bond donors (Lipinski definition) is 0. The highest BCUT2D eigenvalue weighted by atomic mass is 35.5. The fourth-order valence-electron chi connectivity index (χ4n) is 4.85. The Morgan fingerprint density at radius 1 is 0.927 bits per heavy atom. The zero-order valence-electron chi connectivity index (χ0n) is 22.0. The van der Waals surface area contributed by atoms with Gasteiger partial charge in [0.25, 0.3) is 11.5 Å². The molecule has 0 bridgehead atoms. The molecule has 0 fully saturated rings. The van der Waals surface area contributed by atoms with Crippen molar-refractivity contribution in [3.63, 3.8) is 0 Å². The highest BCUT2D eigenvalue weighted by molar-refractivity contribution is 6.30. The van der Waals surface area contributed by atoms with Gasteiger partial charge in [-0.25, -0.2) is 4.98 Å². The van der Waals surface area contributed by atoms with E-state index in [2.05, 4.69) is 0 Å². The quantitative estimate of drug-likeness (QED) is 0.199. The molecule has 0 aliphatic rings. The Labute approximate surface area is 239 Å². The number of para-hydroxylation sites is 1. The molecule has 1 aromatic heterocycles. The van der Waals surface area contributed by atoms with Crippen LogP contribution < -0.4 is 5.56 Å². The Kier molecular flexibility index (Phi) is 7.94. The summed E-state index contributed by atoms with van der Waals surface area (Å²) in [4.78, 5) is 34.3. The number of carbonyl (C=O) groups excluding carboxylic acids is 1. The maximum Gasteiger partial charge on any atom is 0.416 e. The monoisotopic (exact) mass is 575 g/mol. The van der Waals surface area contributed by atoms with Crippen LogP contribution in [0, 0.1) is 0 Å². The van der Waals surface area contributed by atoms with Crippen molar-refractivity contribution in [2.45, 2.75) is 32.1 Å². The minimum absolute atomic E-state index is 0.0811. The van der Waals surface area contributed by atoms with Gasteiger partial charge in [-0.2, -0.15) is 13.2 Å². The molecule has 0 saturated heterocycles. The highest BCUT2D eigenvalue weighted by Gasteiger charge is 2.33.